The molecule has 2 aliphatic heterocycles. The molecule has 0 radical (unpaired) electrons. The molecule has 1 unspecified atom stereocenters. The van der Waals surface area contributed by atoms with Crippen LogP contribution in [-0.2, 0) is 14.4 Å². The van der Waals surface area contributed by atoms with Gasteiger partial charge in [0, 0.05) is 12.1 Å². The number of imide groups is 2. The SMILES string of the molecule is CCC(=O)Nc1ccc2c(c1)C(=O)N(C1CC(=O)NC1=O)C2=O. The van der Waals surface area contributed by atoms with Crippen molar-refractivity contribution >= 4 is 35.2 Å². The average molecular weight is 315 g/mol. The highest BCUT2D eigenvalue weighted by Crippen LogP contribution is 2.29. The molecule has 1 saturated heterocycles. The molecule has 3 rings (SSSR count). The number of nitrogens with one attached hydrogen (secondary N) is 2. The fourth-order valence-electron chi connectivity index (χ4n) is 2.62. The molecular formula is C15H13N3O5. The Kier molecular flexibility index (Phi) is 3.44. The minimum absolute atomic E-state index is 0.107. The Morgan fingerprint density at radius 2 is 1.91 bits per heavy atom. The lowest BCUT2D eigenvalue weighted by Gasteiger charge is -2.18. The van der Waals surface area contributed by atoms with Crippen LogP contribution in [0.15, 0.2) is 18.2 Å². The third-order valence-electron chi connectivity index (χ3n) is 3.78. The van der Waals surface area contributed by atoms with Crippen molar-refractivity contribution in [2.75, 3.05) is 5.32 Å². The van der Waals surface area contributed by atoms with Gasteiger partial charge in [-0.3, -0.25) is 34.2 Å². The van der Waals surface area contributed by atoms with E-state index in [1.807, 2.05) is 0 Å². The number of nitrogens with zero attached hydrogens (tertiary/aromatic N) is 1. The molecule has 1 atom stereocenters. The number of rotatable bonds is 3. The zero-order valence-electron chi connectivity index (χ0n) is 12.2. The second kappa shape index (κ2) is 5.31. The van der Waals surface area contributed by atoms with Crippen molar-refractivity contribution in [1.82, 2.24) is 10.2 Å². The maximum absolute atomic E-state index is 12.5. The van der Waals surface area contributed by atoms with E-state index in [1.165, 1.54) is 18.2 Å². The molecule has 0 aliphatic carbocycles. The second-order valence-electron chi connectivity index (χ2n) is 5.27. The summed E-state index contributed by atoms with van der Waals surface area (Å²) in [5, 5.41) is 4.68. The third kappa shape index (κ3) is 2.37. The van der Waals surface area contributed by atoms with Gasteiger partial charge in [0.15, 0.2) is 0 Å². The van der Waals surface area contributed by atoms with Gasteiger partial charge in [0.1, 0.15) is 6.04 Å². The van der Waals surface area contributed by atoms with Crippen molar-refractivity contribution < 1.29 is 24.0 Å². The number of amides is 5. The first-order chi connectivity index (χ1) is 10.9. The first-order valence-electron chi connectivity index (χ1n) is 7.08. The molecule has 0 spiro atoms. The van der Waals surface area contributed by atoms with E-state index in [4.69, 9.17) is 0 Å². The molecular weight excluding hydrogens is 302 g/mol. The highest BCUT2D eigenvalue weighted by molar-refractivity contribution is 6.24. The smallest absolute Gasteiger partial charge is 0.262 e. The minimum atomic E-state index is -1.12. The zero-order chi connectivity index (χ0) is 16.7. The van der Waals surface area contributed by atoms with Gasteiger partial charge in [-0.1, -0.05) is 6.92 Å². The van der Waals surface area contributed by atoms with Crippen LogP contribution < -0.4 is 10.6 Å². The fourth-order valence-corrected chi connectivity index (χ4v) is 2.62. The van der Waals surface area contributed by atoms with Crippen molar-refractivity contribution in [3.05, 3.63) is 29.3 Å². The number of carbonyl (C=O) groups excluding carboxylic acids is 5. The van der Waals surface area contributed by atoms with Crippen LogP contribution in [0.5, 0.6) is 0 Å². The van der Waals surface area contributed by atoms with Crippen LogP contribution in [0, 0.1) is 0 Å². The van der Waals surface area contributed by atoms with Crippen LogP contribution >= 0.6 is 0 Å². The summed E-state index contributed by atoms with van der Waals surface area (Å²) in [4.78, 5) is 60.1. The molecule has 1 fully saturated rings. The van der Waals surface area contributed by atoms with Crippen LogP contribution in [0.2, 0.25) is 0 Å². The van der Waals surface area contributed by atoms with Crippen LogP contribution in [0.1, 0.15) is 40.5 Å². The largest absolute Gasteiger partial charge is 0.326 e. The molecule has 23 heavy (non-hydrogen) atoms. The molecule has 0 bridgehead atoms. The lowest BCUT2D eigenvalue weighted by atomic mass is 10.1. The number of hydrogen-bond acceptors (Lipinski definition) is 5. The summed E-state index contributed by atoms with van der Waals surface area (Å²) < 4.78 is 0. The van der Waals surface area contributed by atoms with Crippen molar-refractivity contribution in [2.24, 2.45) is 0 Å². The molecule has 1 aromatic rings. The Balaban J connectivity index is 1.92. The van der Waals surface area contributed by atoms with E-state index >= 15 is 0 Å². The number of anilines is 1. The van der Waals surface area contributed by atoms with E-state index in [2.05, 4.69) is 10.6 Å². The summed E-state index contributed by atoms with van der Waals surface area (Å²) in [5.41, 5.74) is 0.651. The highest BCUT2D eigenvalue weighted by atomic mass is 16.2. The van der Waals surface area contributed by atoms with Gasteiger partial charge in [0.25, 0.3) is 11.8 Å². The third-order valence-corrected chi connectivity index (χ3v) is 3.78. The highest BCUT2D eigenvalue weighted by Gasteiger charge is 2.46. The standard InChI is InChI=1S/C15H13N3O5/c1-2-11(19)16-7-3-4-8-9(5-7)15(23)18(14(8)22)10-6-12(20)17-13(10)21/h3-5,10H,2,6H2,1H3,(H,16,19)(H,17,20,21). The lowest BCUT2D eigenvalue weighted by Crippen LogP contribution is -2.44. The Bertz CT molecular complexity index is 770. The van der Waals surface area contributed by atoms with Crippen molar-refractivity contribution in [3.8, 4) is 0 Å². The van der Waals surface area contributed by atoms with E-state index in [1.54, 1.807) is 6.92 Å². The van der Waals surface area contributed by atoms with E-state index in [0.29, 0.717) is 5.69 Å². The molecule has 118 valence electrons. The van der Waals surface area contributed by atoms with Crippen LogP contribution in [0.25, 0.3) is 0 Å². The van der Waals surface area contributed by atoms with E-state index in [-0.39, 0.29) is 29.9 Å². The van der Waals surface area contributed by atoms with Gasteiger partial charge in [-0.2, -0.15) is 0 Å². The minimum Gasteiger partial charge on any atom is -0.326 e. The zero-order valence-corrected chi connectivity index (χ0v) is 12.2. The molecule has 2 N–H and O–H groups in total. The lowest BCUT2D eigenvalue weighted by molar-refractivity contribution is -0.126. The van der Waals surface area contributed by atoms with Gasteiger partial charge in [0.2, 0.25) is 17.7 Å². The van der Waals surface area contributed by atoms with E-state index in [9.17, 15) is 24.0 Å². The number of benzene rings is 1. The van der Waals surface area contributed by atoms with Gasteiger partial charge in [-0.05, 0) is 18.2 Å². The Hall–Kier alpha value is -3.03. The number of carbonyl (C=O) groups is 5. The summed E-state index contributed by atoms with van der Waals surface area (Å²) in [6.45, 7) is 1.69. The molecule has 0 aromatic heterocycles. The molecule has 8 nitrogen and oxygen atoms in total. The van der Waals surface area contributed by atoms with Crippen molar-refractivity contribution in [3.63, 3.8) is 0 Å². The molecule has 0 saturated carbocycles. The summed E-state index contributed by atoms with van der Waals surface area (Å²) in [7, 11) is 0. The van der Waals surface area contributed by atoms with Gasteiger partial charge in [-0.15, -0.1) is 0 Å². The quantitative estimate of drug-likeness (QED) is 0.765. The first-order valence-corrected chi connectivity index (χ1v) is 7.08. The van der Waals surface area contributed by atoms with E-state index < -0.39 is 29.7 Å². The topological polar surface area (TPSA) is 113 Å². The predicted octanol–water partition coefficient (Wildman–Crippen LogP) is 0.0462. The summed E-state index contributed by atoms with van der Waals surface area (Å²) in [6.07, 6.45) is 0.0458. The molecule has 1 aromatic carbocycles. The molecule has 2 heterocycles. The van der Waals surface area contributed by atoms with Crippen molar-refractivity contribution in [2.45, 2.75) is 25.8 Å². The average Bonchev–Trinajstić information content (AvgIpc) is 2.96. The summed E-state index contributed by atoms with van der Waals surface area (Å²) >= 11 is 0. The van der Waals surface area contributed by atoms with Crippen LogP contribution in [-0.4, -0.2) is 40.5 Å². The fraction of sp³-hybridized carbons (Fsp3) is 0.267. The predicted molar refractivity (Wildman–Crippen MR) is 77.4 cm³/mol. The van der Waals surface area contributed by atoms with Crippen molar-refractivity contribution in [1.29, 1.82) is 0 Å². The Labute approximate surface area is 130 Å². The van der Waals surface area contributed by atoms with Gasteiger partial charge < -0.3 is 5.32 Å². The summed E-state index contributed by atoms with van der Waals surface area (Å²) in [5.74, 6) is -2.67. The molecule has 8 heteroatoms. The van der Waals surface area contributed by atoms with Gasteiger partial charge in [0.05, 0.1) is 17.5 Å². The second-order valence-corrected chi connectivity index (χ2v) is 5.27. The Morgan fingerprint density at radius 1 is 1.22 bits per heavy atom. The number of hydrogen-bond donors (Lipinski definition) is 2. The van der Waals surface area contributed by atoms with Crippen LogP contribution in [0.4, 0.5) is 5.69 Å². The monoisotopic (exact) mass is 315 g/mol. The first kappa shape index (κ1) is 14.9. The van der Waals surface area contributed by atoms with Gasteiger partial charge >= 0.3 is 0 Å². The maximum atomic E-state index is 12.5. The molecule has 5 amide bonds. The van der Waals surface area contributed by atoms with E-state index in [0.717, 1.165) is 4.90 Å². The van der Waals surface area contributed by atoms with Crippen LogP contribution in [0.3, 0.4) is 0 Å². The number of fused-ring (bicyclic) bond motifs is 1. The Morgan fingerprint density at radius 3 is 2.52 bits per heavy atom. The maximum Gasteiger partial charge on any atom is 0.262 e. The van der Waals surface area contributed by atoms with Gasteiger partial charge in [-0.25, -0.2) is 0 Å². The molecule has 2 aliphatic rings. The summed E-state index contributed by atoms with van der Waals surface area (Å²) in [6, 6.07) is 3.22. The normalized spacial score (nSPS) is 19.9.